The number of nitrogens with zero attached hydrogens (tertiary/aromatic N) is 2. The molecule has 5 N–H and O–H groups in total. The highest BCUT2D eigenvalue weighted by molar-refractivity contribution is 6.16. The topological polar surface area (TPSA) is 95.4 Å². The van der Waals surface area contributed by atoms with Gasteiger partial charge < -0.3 is 21.0 Å². The Kier molecular flexibility index (Phi) is 11.7. The zero-order chi connectivity index (χ0) is 22.3. The van der Waals surface area contributed by atoms with E-state index in [-0.39, 0.29) is 0 Å². The van der Waals surface area contributed by atoms with Crippen molar-refractivity contribution in [3.05, 3.63) is 60.2 Å². The van der Waals surface area contributed by atoms with Crippen LogP contribution in [-0.2, 0) is 12.4 Å². The van der Waals surface area contributed by atoms with E-state index in [0.717, 1.165) is 53.3 Å². The van der Waals surface area contributed by atoms with Crippen LogP contribution in [0.25, 0.3) is 22.1 Å². The number of rotatable bonds is 8. The number of benzene rings is 2. The van der Waals surface area contributed by atoms with Gasteiger partial charge in [-0.05, 0) is 50.2 Å². The fraction of sp³-hybridized carbons (Fsp3) is 0.417. The lowest BCUT2D eigenvalue weighted by atomic mass is 10.3. The quantitative estimate of drug-likeness (QED) is 0.214. The van der Waals surface area contributed by atoms with Gasteiger partial charge in [0, 0.05) is 0 Å². The van der Waals surface area contributed by atoms with Gasteiger partial charge in [-0.1, -0.05) is 51.0 Å². The summed E-state index contributed by atoms with van der Waals surface area (Å²) in [4.78, 5) is 15.1. The molecule has 168 valence electrons. The number of aromatic amines is 2. The number of hydrogen-bond donors (Lipinski definition) is 4. The van der Waals surface area contributed by atoms with E-state index in [1.165, 1.54) is 25.7 Å². The van der Waals surface area contributed by atoms with Crippen LogP contribution in [0.4, 0.5) is 0 Å². The van der Waals surface area contributed by atoms with Crippen LogP contribution in [-0.4, -0.2) is 33.0 Å². The van der Waals surface area contributed by atoms with Gasteiger partial charge in [0.25, 0.3) is 0 Å². The molecule has 0 aliphatic carbocycles. The first kappa shape index (κ1) is 24.9. The molecular formula is C24H35ClN6. The first-order valence-electron chi connectivity index (χ1n) is 11.1. The Labute approximate surface area is 190 Å². The van der Waals surface area contributed by atoms with Crippen molar-refractivity contribution in [3.63, 3.8) is 0 Å². The maximum atomic E-state index is 5.60. The Bertz CT molecular complexity index is 926. The normalized spacial score (nSPS) is 10.5. The number of aromatic nitrogens is 4. The van der Waals surface area contributed by atoms with Crippen LogP contribution in [0.5, 0.6) is 0 Å². The highest BCUT2D eigenvalue weighted by Crippen LogP contribution is 2.11. The highest BCUT2D eigenvalue weighted by atomic mass is 35.5. The van der Waals surface area contributed by atoms with Crippen LogP contribution in [0.3, 0.4) is 0 Å². The molecule has 0 spiro atoms. The maximum Gasteiger partial charge on any atom is 0.122 e. The monoisotopic (exact) mass is 442 g/mol. The Morgan fingerprint density at radius 2 is 1.39 bits per heavy atom. The summed E-state index contributed by atoms with van der Waals surface area (Å²) < 4.78 is 0. The average Bonchev–Trinajstić information content (AvgIpc) is 3.41. The molecule has 2 aromatic carbocycles. The standard InChI is InChI=1S/C12H17N3.C8H7ClN2.C4H11N/c1-2-3-8-13-9-12-14-10-6-4-5-7-11(10)15-12;9-5-8-10-6-3-1-2-4-7(6)11-8;1-2-3-4-5/h4-7,13H,2-3,8-9H2,1H3,(H,14,15);1-4H,5H2,(H,10,11);2-5H2,1H3. The summed E-state index contributed by atoms with van der Waals surface area (Å²) in [7, 11) is 0. The van der Waals surface area contributed by atoms with Crippen molar-refractivity contribution in [2.45, 2.75) is 52.0 Å². The third kappa shape index (κ3) is 8.69. The van der Waals surface area contributed by atoms with Gasteiger partial charge in [0.2, 0.25) is 0 Å². The molecule has 0 fully saturated rings. The summed E-state index contributed by atoms with van der Waals surface area (Å²) in [5, 5.41) is 3.37. The second kappa shape index (κ2) is 14.6. The van der Waals surface area contributed by atoms with Crippen molar-refractivity contribution in [2.24, 2.45) is 5.73 Å². The van der Waals surface area contributed by atoms with Crippen molar-refractivity contribution in [3.8, 4) is 0 Å². The van der Waals surface area contributed by atoms with Crippen molar-refractivity contribution in [1.82, 2.24) is 25.3 Å². The van der Waals surface area contributed by atoms with Gasteiger partial charge in [0.15, 0.2) is 0 Å². The Balaban J connectivity index is 0.000000187. The second-order valence-electron chi connectivity index (χ2n) is 7.21. The summed E-state index contributed by atoms with van der Waals surface area (Å²) in [6.07, 6.45) is 4.84. The molecule has 6 nitrogen and oxygen atoms in total. The van der Waals surface area contributed by atoms with E-state index in [9.17, 15) is 0 Å². The fourth-order valence-electron chi connectivity index (χ4n) is 2.87. The van der Waals surface area contributed by atoms with Crippen LogP contribution >= 0.6 is 11.6 Å². The SMILES string of the molecule is CCCCN.CCCCNCc1nc2ccccc2[nH]1.ClCc1nc2ccccc2[nH]1. The number of nitrogens with one attached hydrogen (secondary N) is 3. The molecule has 4 rings (SSSR count). The Morgan fingerprint density at radius 3 is 1.87 bits per heavy atom. The molecule has 0 saturated carbocycles. The number of alkyl halides is 1. The van der Waals surface area contributed by atoms with Crippen molar-refractivity contribution in [2.75, 3.05) is 13.1 Å². The van der Waals surface area contributed by atoms with Gasteiger partial charge >= 0.3 is 0 Å². The van der Waals surface area contributed by atoms with Crippen LogP contribution in [0.2, 0.25) is 0 Å². The molecule has 0 atom stereocenters. The number of nitrogens with two attached hydrogens (primary N) is 1. The molecule has 4 aromatic rings. The molecular weight excluding hydrogens is 408 g/mol. The predicted molar refractivity (Wildman–Crippen MR) is 132 cm³/mol. The number of halogens is 1. The third-order valence-electron chi connectivity index (χ3n) is 4.56. The molecule has 0 unspecified atom stereocenters. The summed E-state index contributed by atoms with van der Waals surface area (Å²) in [6.45, 7) is 7.06. The minimum absolute atomic E-state index is 0.439. The number of fused-ring (bicyclic) bond motifs is 2. The van der Waals surface area contributed by atoms with E-state index in [1.807, 2.05) is 42.5 Å². The lowest BCUT2D eigenvalue weighted by Gasteiger charge is -1.99. The highest BCUT2D eigenvalue weighted by Gasteiger charge is 2.00. The number of hydrogen-bond acceptors (Lipinski definition) is 4. The predicted octanol–water partition coefficient (Wildman–Crippen LogP) is 5.50. The zero-order valence-electron chi connectivity index (χ0n) is 18.6. The van der Waals surface area contributed by atoms with Crippen LogP contribution in [0.15, 0.2) is 48.5 Å². The first-order chi connectivity index (χ1) is 15.2. The molecule has 31 heavy (non-hydrogen) atoms. The van der Waals surface area contributed by atoms with Gasteiger partial charge in [-0.3, -0.25) is 0 Å². The zero-order valence-corrected chi connectivity index (χ0v) is 19.4. The van der Waals surface area contributed by atoms with E-state index in [4.69, 9.17) is 17.3 Å². The molecule has 0 aliphatic rings. The minimum atomic E-state index is 0.439. The average molecular weight is 443 g/mol. The van der Waals surface area contributed by atoms with E-state index in [1.54, 1.807) is 0 Å². The maximum absolute atomic E-state index is 5.60. The molecule has 0 bridgehead atoms. The van der Waals surface area contributed by atoms with Crippen LogP contribution in [0.1, 0.15) is 51.2 Å². The summed E-state index contributed by atoms with van der Waals surface area (Å²) in [5.74, 6) is 2.29. The van der Waals surface area contributed by atoms with Crippen LogP contribution in [0, 0.1) is 0 Å². The van der Waals surface area contributed by atoms with Crippen molar-refractivity contribution < 1.29 is 0 Å². The number of para-hydroxylation sites is 4. The van der Waals surface area contributed by atoms with Gasteiger partial charge in [-0.15, -0.1) is 11.6 Å². The molecule has 7 heteroatoms. The number of unbranched alkanes of at least 4 members (excludes halogenated alkanes) is 2. The molecule has 0 amide bonds. The Hall–Kier alpha value is -2.41. The van der Waals surface area contributed by atoms with Gasteiger partial charge in [-0.25, -0.2) is 9.97 Å². The smallest absolute Gasteiger partial charge is 0.122 e. The van der Waals surface area contributed by atoms with Crippen molar-refractivity contribution >= 4 is 33.7 Å². The molecule has 0 aliphatic heterocycles. The van der Waals surface area contributed by atoms with Gasteiger partial charge in [0.1, 0.15) is 11.6 Å². The summed E-state index contributed by atoms with van der Waals surface area (Å²) in [6, 6.07) is 16.0. The minimum Gasteiger partial charge on any atom is -0.341 e. The van der Waals surface area contributed by atoms with E-state index in [2.05, 4.69) is 45.2 Å². The van der Waals surface area contributed by atoms with Gasteiger partial charge in [-0.2, -0.15) is 0 Å². The molecule has 0 saturated heterocycles. The molecule has 2 aromatic heterocycles. The lowest BCUT2D eigenvalue weighted by molar-refractivity contribution is 0.627. The summed E-state index contributed by atoms with van der Waals surface area (Å²) in [5.41, 5.74) is 9.32. The number of imidazole rings is 2. The van der Waals surface area contributed by atoms with Crippen molar-refractivity contribution in [1.29, 1.82) is 0 Å². The van der Waals surface area contributed by atoms with E-state index >= 15 is 0 Å². The first-order valence-corrected chi connectivity index (χ1v) is 11.6. The lowest BCUT2D eigenvalue weighted by Crippen LogP contribution is -2.15. The fourth-order valence-corrected chi connectivity index (χ4v) is 3.00. The van der Waals surface area contributed by atoms with E-state index in [0.29, 0.717) is 5.88 Å². The van der Waals surface area contributed by atoms with Gasteiger partial charge in [0.05, 0.1) is 34.5 Å². The summed E-state index contributed by atoms with van der Waals surface area (Å²) >= 11 is 5.60. The second-order valence-corrected chi connectivity index (χ2v) is 7.47. The molecule has 0 radical (unpaired) electrons. The third-order valence-corrected chi connectivity index (χ3v) is 4.81. The van der Waals surface area contributed by atoms with E-state index < -0.39 is 0 Å². The number of H-pyrrole nitrogens is 2. The Morgan fingerprint density at radius 1 is 0.839 bits per heavy atom. The van der Waals surface area contributed by atoms with Crippen LogP contribution < -0.4 is 11.1 Å². The molecule has 2 heterocycles. The largest absolute Gasteiger partial charge is 0.341 e.